The Morgan fingerprint density at radius 1 is 0.944 bits per heavy atom. The quantitative estimate of drug-likeness (QED) is 0.275. The average Bonchev–Trinajstić information content (AvgIpc) is 3.20. The first-order valence-electron chi connectivity index (χ1n) is 12.5. The predicted octanol–water partition coefficient (Wildman–Crippen LogP) is 5.80. The molecule has 4 rings (SSSR count). The van der Waals surface area contributed by atoms with Crippen molar-refractivity contribution in [2.45, 2.75) is 39.3 Å². The highest BCUT2D eigenvalue weighted by molar-refractivity contribution is 5.44. The van der Waals surface area contributed by atoms with Crippen molar-refractivity contribution >= 4 is 0 Å². The van der Waals surface area contributed by atoms with E-state index in [1.165, 1.54) is 0 Å². The number of aryl methyl sites for hydroxylation is 1. The number of benzene rings is 3. The third kappa shape index (κ3) is 6.53. The molecule has 0 saturated heterocycles. The van der Waals surface area contributed by atoms with Gasteiger partial charge in [-0.3, -0.25) is 4.90 Å². The summed E-state index contributed by atoms with van der Waals surface area (Å²) in [7, 11) is 1.65. The first-order chi connectivity index (χ1) is 17.6. The Kier molecular flexibility index (Phi) is 8.76. The zero-order valence-corrected chi connectivity index (χ0v) is 21.3. The van der Waals surface area contributed by atoms with Gasteiger partial charge in [0.25, 0.3) is 0 Å². The minimum absolute atomic E-state index is 0.467. The van der Waals surface area contributed by atoms with Gasteiger partial charge in [-0.25, -0.2) is 4.68 Å². The molecule has 188 valence electrons. The number of para-hydroxylation sites is 1. The van der Waals surface area contributed by atoms with Gasteiger partial charge in [-0.2, -0.15) is 5.10 Å². The molecule has 3 aromatic carbocycles. The molecule has 6 nitrogen and oxygen atoms in total. The van der Waals surface area contributed by atoms with Crippen molar-refractivity contribution in [1.82, 2.24) is 14.7 Å². The van der Waals surface area contributed by atoms with Crippen LogP contribution in [0.4, 0.5) is 0 Å². The topological polar surface area (TPSA) is 59.8 Å². The van der Waals surface area contributed by atoms with E-state index < -0.39 is 6.10 Å². The molecule has 0 saturated carbocycles. The van der Waals surface area contributed by atoms with E-state index in [9.17, 15) is 5.11 Å². The van der Waals surface area contributed by atoms with Gasteiger partial charge >= 0.3 is 0 Å². The van der Waals surface area contributed by atoms with E-state index in [-0.39, 0.29) is 0 Å². The second-order valence-electron chi connectivity index (χ2n) is 8.98. The molecule has 1 heterocycles. The molecule has 0 aliphatic heterocycles. The van der Waals surface area contributed by atoms with E-state index in [0.717, 1.165) is 41.2 Å². The summed E-state index contributed by atoms with van der Waals surface area (Å²) in [6, 6.07) is 27.7. The van der Waals surface area contributed by atoms with Crippen LogP contribution in [-0.2, 0) is 13.0 Å². The lowest BCUT2D eigenvalue weighted by Crippen LogP contribution is -2.34. The van der Waals surface area contributed by atoms with Crippen LogP contribution in [0.2, 0.25) is 0 Å². The number of rotatable bonds is 12. The predicted molar refractivity (Wildman–Crippen MR) is 143 cm³/mol. The van der Waals surface area contributed by atoms with Crippen LogP contribution in [0.15, 0.2) is 84.9 Å². The summed E-state index contributed by atoms with van der Waals surface area (Å²) in [6.45, 7) is 6.22. The number of nitrogens with zero attached hydrogens (tertiary/aromatic N) is 3. The highest BCUT2D eigenvalue weighted by atomic mass is 16.5. The standard InChI is InChI=1S/C30H35N3O3/c1-4-18-32(21-26(34)19-24-12-7-5-8-13-24)22-29-23(2)31-33(25-14-9-6-10-15-25)30(29)36-28-17-11-16-27(20-28)35-3/h5-17,20,26,34H,4,18-19,21-22H2,1-3H3. The summed E-state index contributed by atoms with van der Waals surface area (Å²) >= 11 is 0. The first-order valence-corrected chi connectivity index (χ1v) is 12.5. The van der Waals surface area contributed by atoms with Gasteiger partial charge in [-0.05, 0) is 56.1 Å². The van der Waals surface area contributed by atoms with E-state index >= 15 is 0 Å². The van der Waals surface area contributed by atoms with Crippen LogP contribution < -0.4 is 9.47 Å². The molecule has 1 aromatic heterocycles. The largest absolute Gasteiger partial charge is 0.497 e. The van der Waals surface area contributed by atoms with Gasteiger partial charge in [0.1, 0.15) is 11.5 Å². The smallest absolute Gasteiger partial charge is 0.227 e. The lowest BCUT2D eigenvalue weighted by atomic mass is 10.1. The Bertz CT molecular complexity index is 1220. The molecule has 4 aromatic rings. The summed E-state index contributed by atoms with van der Waals surface area (Å²) in [6.07, 6.45) is 1.14. The van der Waals surface area contributed by atoms with Crippen LogP contribution in [0.1, 0.15) is 30.2 Å². The summed E-state index contributed by atoms with van der Waals surface area (Å²) < 4.78 is 13.7. The van der Waals surface area contributed by atoms with Gasteiger partial charge in [0, 0.05) is 19.2 Å². The van der Waals surface area contributed by atoms with E-state index in [4.69, 9.17) is 14.6 Å². The molecule has 0 fully saturated rings. The number of hydrogen-bond acceptors (Lipinski definition) is 5. The molecule has 0 radical (unpaired) electrons. The van der Waals surface area contributed by atoms with Crippen LogP contribution in [0.25, 0.3) is 5.69 Å². The zero-order valence-electron chi connectivity index (χ0n) is 21.3. The second kappa shape index (κ2) is 12.4. The SMILES string of the molecule is CCCN(Cc1c(C)nn(-c2ccccc2)c1Oc1cccc(OC)c1)CC(O)Cc1ccccc1. The second-order valence-corrected chi connectivity index (χ2v) is 8.98. The molecule has 1 unspecified atom stereocenters. The Balaban J connectivity index is 1.63. The minimum Gasteiger partial charge on any atom is -0.497 e. The van der Waals surface area contributed by atoms with Gasteiger partial charge in [0.15, 0.2) is 0 Å². The summed E-state index contributed by atoms with van der Waals surface area (Å²) in [5.74, 6) is 2.08. The van der Waals surface area contributed by atoms with E-state index in [1.54, 1.807) is 7.11 Å². The van der Waals surface area contributed by atoms with Crippen molar-refractivity contribution in [1.29, 1.82) is 0 Å². The Morgan fingerprint density at radius 2 is 1.64 bits per heavy atom. The highest BCUT2D eigenvalue weighted by Crippen LogP contribution is 2.33. The zero-order chi connectivity index (χ0) is 25.3. The minimum atomic E-state index is -0.467. The van der Waals surface area contributed by atoms with Crippen molar-refractivity contribution < 1.29 is 14.6 Å². The number of aromatic nitrogens is 2. The number of methoxy groups -OCH3 is 1. The summed E-state index contributed by atoms with van der Waals surface area (Å²) in [5.41, 5.74) is 3.96. The van der Waals surface area contributed by atoms with E-state index in [0.29, 0.717) is 31.1 Å². The molecule has 0 amide bonds. The molecular weight excluding hydrogens is 450 g/mol. The van der Waals surface area contributed by atoms with Crippen molar-refractivity contribution in [2.75, 3.05) is 20.2 Å². The van der Waals surface area contributed by atoms with Crippen molar-refractivity contribution in [3.8, 4) is 23.1 Å². The first kappa shape index (κ1) is 25.5. The lowest BCUT2D eigenvalue weighted by Gasteiger charge is -2.25. The molecule has 0 aliphatic rings. The Hall–Kier alpha value is -3.61. The molecule has 0 spiro atoms. The Morgan fingerprint density at radius 3 is 2.33 bits per heavy atom. The fourth-order valence-electron chi connectivity index (χ4n) is 4.37. The van der Waals surface area contributed by atoms with Crippen LogP contribution in [0.5, 0.6) is 17.4 Å². The van der Waals surface area contributed by atoms with Crippen LogP contribution in [0, 0.1) is 6.92 Å². The molecule has 1 N–H and O–H groups in total. The van der Waals surface area contributed by atoms with Gasteiger partial charge in [-0.15, -0.1) is 0 Å². The maximum atomic E-state index is 10.9. The molecular formula is C30H35N3O3. The maximum absolute atomic E-state index is 10.9. The van der Waals surface area contributed by atoms with E-state index in [2.05, 4.69) is 24.0 Å². The Labute approximate surface area is 213 Å². The number of ether oxygens (including phenoxy) is 2. The molecule has 36 heavy (non-hydrogen) atoms. The van der Waals surface area contributed by atoms with Crippen molar-refractivity contribution in [2.24, 2.45) is 0 Å². The fourth-order valence-corrected chi connectivity index (χ4v) is 4.37. The van der Waals surface area contributed by atoms with Crippen LogP contribution in [-0.4, -0.2) is 46.1 Å². The summed E-state index contributed by atoms with van der Waals surface area (Å²) in [5, 5.41) is 15.7. The van der Waals surface area contributed by atoms with Gasteiger partial charge in [-0.1, -0.05) is 61.5 Å². The summed E-state index contributed by atoms with van der Waals surface area (Å²) in [4.78, 5) is 2.28. The van der Waals surface area contributed by atoms with Crippen molar-refractivity contribution in [3.05, 3.63) is 102 Å². The number of aliphatic hydroxyl groups is 1. The molecule has 0 bridgehead atoms. The number of hydrogen-bond donors (Lipinski definition) is 1. The monoisotopic (exact) mass is 485 g/mol. The van der Waals surface area contributed by atoms with Crippen molar-refractivity contribution in [3.63, 3.8) is 0 Å². The third-order valence-corrected chi connectivity index (χ3v) is 6.10. The van der Waals surface area contributed by atoms with Gasteiger partial charge in [0.2, 0.25) is 5.88 Å². The maximum Gasteiger partial charge on any atom is 0.227 e. The van der Waals surface area contributed by atoms with Crippen LogP contribution >= 0.6 is 0 Å². The van der Waals surface area contributed by atoms with Crippen LogP contribution in [0.3, 0.4) is 0 Å². The molecule has 1 atom stereocenters. The highest BCUT2D eigenvalue weighted by Gasteiger charge is 2.22. The normalized spacial score (nSPS) is 12.0. The lowest BCUT2D eigenvalue weighted by molar-refractivity contribution is 0.108. The fraction of sp³-hybridized carbons (Fsp3) is 0.300. The molecule has 6 heteroatoms. The number of aliphatic hydroxyl groups excluding tert-OH is 1. The van der Waals surface area contributed by atoms with Gasteiger partial charge < -0.3 is 14.6 Å². The van der Waals surface area contributed by atoms with Gasteiger partial charge in [0.05, 0.1) is 30.2 Å². The average molecular weight is 486 g/mol. The third-order valence-electron chi connectivity index (χ3n) is 6.10. The van der Waals surface area contributed by atoms with E-state index in [1.807, 2.05) is 84.4 Å². The molecule has 0 aliphatic carbocycles.